The number of primary amides is 1. The van der Waals surface area contributed by atoms with Gasteiger partial charge >= 0.3 is 0 Å². The van der Waals surface area contributed by atoms with E-state index < -0.39 is 11.3 Å². The van der Waals surface area contributed by atoms with Gasteiger partial charge in [0.2, 0.25) is 11.8 Å². The summed E-state index contributed by atoms with van der Waals surface area (Å²) in [5, 5.41) is 0. The number of nitrogens with two attached hydrogens (primary N) is 1. The first-order valence-corrected chi connectivity index (χ1v) is 10.4. The van der Waals surface area contributed by atoms with E-state index in [-0.39, 0.29) is 12.5 Å². The Bertz CT molecular complexity index is 1290. The molecule has 160 valence electrons. The van der Waals surface area contributed by atoms with E-state index in [4.69, 9.17) is 19.9 Å². The Hall–Kier alpha value is -4.00. The largest absolute Gasteiger partial charge is 0.491 e. The molecule has 0 bridgehead atoms. The molecule has 32 heavy (non-hydrogen) atoms. The number of benzene rings is 3. The summed E-state index contributed by atoms with van der Waals surface area (Å²) in [6.07, 6.45) is 0. The Kier molecular flexibility index (Phi) is 3.95. The van der Waals surface area contributed by atoms with Gasteiger partial charge in [-0.15, -0.1) is 0 Å². The lowest BCUT2D eigenvalue weighted by Gasteiger charge is -2.24. The Morgan fingerprint density at radius 3 is 2.50 bits per heavy atom. The van der Waals surface area contributed by atoms with Gasteiger partial charge in [-0.3, -0.25) is 9.59 Å². The first-order chi connectivity index (χ1) is 15.6. The van der Waals surface area contributed by atoms with Crippen molar-refractivity contribution in [2.45, 2.75) is 12.0 Å². The van der Waals surface area contributed by atoms with Crippen molar-refractivity contribution in [2.75, 3.05) is 24.7 Å². The number of rotatable bonds is 3. The third-order valence-electron chi connectivity index (χ3n) is 6.37. The van der Waals surface area contributed by atoms with Crippen LogP contribution in [0.15, 0.2) is 60.7 Å². The summed E-state index contributed by atoms with van der Waals surface area (Å²) >= 11 is 0. The smallest absolute Gasteiger partial charge is 0.248 e. The normalized spacial score (nSPS) is 20.1. The first kappa shape index (κ1) is 18.7. The third kappa shape index (κ3) is 2.54. The van der Waals surface area contributed by atoms with Gasteiger partial charge < -0.3 is 24.8 Å². The number of carbonyl (C=O) groups is 2. The summed E-state index contributed by atoms with van der Waals surface area (Å²) in [4.78, 5) is 27.4. The van der Waals surface area contributed by atoms with E-state index in [1.807, 2.05) is 42.5 Å². The van der Waals surface area contributed by atoms with E-state index in [1.54, 1.807) is 23.1 Å². The maximum absolute atomic E-state index is 14.0. The molecule has 3 aromatic carbocycles. The van der Waals surface area contributed by atoms with Crippen LogP contribution in [0.4, 0.5) is 5.69 Å². The molecule has 3 aliphatic heterocycles. The fourth-order valence-corrected chi connectivity index (χ4v) is 4.87. The van der Waals surface area contributed by atoms with Crippen molar-refractivity contribution in [3.05, 3.63) is 82.9 Å². The van der Waals surface area contributed by atoms with Crippen LogP contribution in [0.3, 0.4) is 0 Å². The van der Waals surface area contributed by atoms with Gasteiger partial charge in [-0.1, -0.05) is 30.3 Å². The number of ether oxygens (including phenoxy) is 3. The van der Waals surface area contributed by atoms with E-state index in [0.717, 1.165) is 22.4 Å². The SMILES string of the molecule is NC(=O)c1cccc(CN2C(=O)C3(COc4cc5c(cc43)OCCO5)c3ccccc32)c1. The number of anilines is 1. The topological polar surface area (TPSA) is 91.1 Å². The summed E-state index contributed by atoms with van der Waals surface area (Å²) in [6.45, 7) is 1.47. The van der Waals surface area contributed by atoms with Gasteiger partial charge in [0.1, 0.15) is 31.0 Å². The molecule has 7 nitrogen and oxygen atoms in total. The molecule has 3 aliphatic rings. The van der Waals surface area contributed by atoms with Gasteiger partial charge in [0.05, 0.1) is 6.54 Å². The second kappa shape index (κ2) is 6.75. The van der Waals surface area contributed by atoms with Gasteiger partial charge in [0.25, 0.3) is 0 Å². The van der Waals surface area contributed by atoms with E-state index >= 15 is 0 Å². The number of fused-ring (bicyclic) bond motifs is 5. The molecule has 6 rings (SSSR count). The molecule has 3 aromatic rings. The Balaban J connectivity index is 1.46. The van der Waals surface area contributed by atoms with Crippen LogP contribution in [0.2, 0.25) is 0 Å². The minimum absolute atomic E-state index is 0.0707. The van der Waals surface area contributed by atoms with Crippen molar-refractivity contribution in [3.63, 3.8) is 0 Å². The predicted octanol–water partition coefficient (Wildman–Crippen LogP) is 2.78. The monoisotopic (exact) mass is 428 g/mol. The molecule has 2 amide bonds. The molecule has 0 fully saturated rings. The molecule has 1 unspecified atom stereocenters. The van der Waals surface area contributed by atoms with Crippen LogP contribution in [-0.2, 0) is 16.8 Å². The maximum Gasteiger partial charge on any atom is 0.248 e. The van der Waals surface area contributed by atoms with Crippen molar-refractivity contribution < 1.29 is 23.8 Å². The van der Waals surface area contributed by atoms with Crippen LogP contribution < -0.4 is 24.8 Å². The third-order valence-corrected chi connectivity index (χ3v) is 6.37. The van der Waals surface area contributed by atoms with Crippen LogP contribution >= 0.6 is 0 Å². The Morgan fingerprint density at radius 1 is 0.906 bits per heavy atom. The quantitative estimate of drug-likeness (QED) is 0.693. The number of amides is 2. The molecule has 0 aliphatic carbocycles. The molecule has 1 spiro atoms. The van der Waals surface area contributed by atoms with E-state index in [0.29, 0.717) is 42.6 Å². The fourth-order valence-electron chi connectivity index (χ4n) is 4.87. The summed E-state index contributed by atoms with van der Waals surface area (Å²) in [6, 6.07) is 18.5. The zero-order valence-electron chi connectivity index (χ0n) is 17.2. The van der Waals surface area contributed by atoms with E-state index in [9.17, 15) is 9.59 Å². The van der Waals surface area contributed by atoms with Crippen LogP contribution in [0.1, 0.15) is 27.0 Å². The molecule has 7 heteroatoms. The Morgan fingerprint density at radius 2 is 1.69 bits per heavy atom. The Labute approximate surface area is 184 Å². The van der Waals surface area contributed by atoms with Gasteiger partial charge in [-0.2, -0.15) is 0 Å². The average Bonchev–Trinajstić information content (AvgIpc) is 3.30. The first-order valence-electron chi connectivity index (χ1n) is 10.4. The van der Waals surface area contributed by atoms with Crippen molar-refractivity contribution in [1.29, 1.82) is 0 Å². The molecular weight excluding hydrogens is 408 g/mol. The van der Waals surface area contributed by atoms with Gasteiger partial charge in [0, 0.05) is 22.9 Å². The summed E-state index contributed by atoms with van der Waals surface area (Å²) in [5.74, 6) is 1.32. The number of hydrogen-bond acceptors (Lipinski definition) is 5. The average molecular weight is 428 g/mol. The second-order valence-corrected chi connectivity index (χ2v) is 8.16. The summed E-state index contributed by atoms with van der Waals surface area (Å²) < 4.78 is 17.5. The van der Waals surface area contributed by atoms with E-state index in [1.165, 1.54) is 0 Å². The number of para-hydroxylation sites is 1. The lowest BCUT2D eigenvalue weighted by Crippen LogP contribution is -2.42. The molecule has 0 saturated carbocycles. The number of nitrogens with zero attached hydrogens (tertiary/aromatic N) is 1. The molecule has 1 atom stereocenters. The predicted molar refractivity (Wildman–Crippen MR) is 116 cm³/mol. The zero-order chi connectivity index (χ0) is 21.9. The van der Waals surface area contributed by atoms with Gasteiger partial charge in [0.15, 0.2) is 11.5 Å². The summed E-state index contributed by atoms with van der Waals surface area (Å²) in [7, 11) is 0. The van der Waals surface area contributed by atoms with Crippen LogP contribution in [0.5, 0.6) is 17.2 Å². The minimum Gasteiger partial charge on any atom is -0.491 e. The van der Waals surface area contributed by atoms with Crippen LogP contribution in [-0.4, -0.2) is 31.6 Å². The van der Waals surface area contributed by atoms with Crippen molar-refractivity contribution in [1.82, 2.24) is 0 Å². The van der Waals surface area contributed by atoms with Crippen molar-refractivity contribution >= 4 is 17.5 Å². The standard InChI is InChI=1S/C25H20N2O5/c26-23(28)16-5-3-4-15(10-16)13-27-19-7-2-1-6-17(19)25(24(27)29)14-32-20-12-22-21(11-18(20)25)30-8-9-31-22/h1-7,10-12H,8-9,13-14H2,(H2,26,28). The second-order valence-electron chi connectivity index (χ2n) is 8.16. The molecule has 0 radical (unpaired) electrons. The molecule has 2 N–H and O–H groups in total. The van der Waals surface area contributed by atoms with Gasteiger partial charge in [-0.05, 0) is 35.4 Å². The molecular formula is C25H20N2O5. The molecule has 3 heterocycles. The maximum atomic E-state index is 14.0. The van der Waals surface area contributed by atoms with E-state index in [2.05, 4.69) is 0 Å². The highest BCUT2D eigenvalue weighted by Gasteiger charge is 2.57. The van der Waals surface area contributed by atoms with Crippen LogP contribution in [0, 0.1) is 0 Å². The van der Waals surface area contributed by atoms with Crippen molar-refractivity contribution in [3.8, 4) is 17.2 Å². The van der Waals surface area contributed by atoms with Crippen LogP contribution in [0.25, 0.3) is 0 Å². The highest BCUT2D eigenvalue weighted by Crippen LogP contribution is 2.54. The highest BCUT2D eigenvalue weighted by molar-refractivity contribution is 6.11. The molecule has 0 aromatic heterocycles. The number of hydrogen-bond donors (Lipinski definition) is 1. The lowest BCUT2D eigenvalue weighted by atomic mass is 9.77. The number of carbonyl (C=O) groups excluding carboxylic acids is 2. The molecule has 0 saturated heterocycles. The zero-order valence-corrected chi connectivity index (χ0v) is 17.2. The van der Waals surface area contributed by atoms with Crippen molar-refractivity contribution in [2.24, 2.45) is 5.73 Å². The highest BCUT2D eigenvalue weighted by atomic mass is 16.6. The van der Waals surface area contributed by atoms with Gasteiger partial charge in [-0.25, -0.2) is 0 Å². The lowest BCUT2D eigenvalue weighted by molar-refractivity contribution is -0.122. The minimum atomic E-state index is -0.955. The summed E-state index contributed by atoms with van der Waals surface area (Å²) in [5.41, 5.74) is 8.23. The fraction of sp³-hybridized carbons (Fsp3) is 0.200.